The maximum atomic E-state index is 13.7. The SMILES string of the molecule is O=C(NCC1CCCO1)c1cnn(-c2cc(F)cc(F)c2)c1-n1cccc1. The third kappa shape index (κ3) is 3.61. The maximum Gasteiger partial charge on any atom is 0.256 e. The lowest BCUT2D eigenvalue weighted by molar-refractivity contribution is 0.0857. The summed E-state index contributed by atoms with van der Waals surface area (Å²) < 4.78 is 35.9. The van der Waals surface area contributed by atoms with Crippen LogP contribution in [0.3, 0.4) is 0 Å². The summed E-state index contributed by atoms with van der Waals surface area (Å²) in [4.78, 5) is 12.7. The van der Waals surface area contributed by atoms with Gasteiger partial charge in [-0.25, -0.2) is 13.5 Å². The van der Waals surface area contributed by atoms with Crippen molar-refractivity contribution in [2.24, 2.45) is 0 Å². The molecule has 2 aromatic heterocycles. The van der Waals surface area contributed by atoms with Crippen molar-refractivity contribution in [1.29, 1.82) is 0 Å². The standard InChI is InChI=1S/C19H18F2N4O2/c20-13-8-14(21)10-15(9-13)25-19(24-5-1-2-6-24)17(12-23-25)18(26)22-11-16-4-3-7-27-16/h1-2,5-6,8-10,12,16H,3-4,7,11H2,(H,22,26). The molecule has 1 aliphatic rings. The first-order valence-corrected chi connectivity index (χ1v) is 8.69. The Morgan fingerprint density at radius 2 is 1.96 bits per heavy atom. The van der Waals surface area contributed by atoms with Crippen LogP contribution >= 0.6 is 0 Å². The molecule has 1 atom stereocenters. The van der Waals surface area contributed by atoms with E-state index >= 15 is 0 Å². The van der Waals surface area contributed by atoms with Gasteiger partial charge in [0, 0.05) is 31.6 Å². The van der Waals surface area contributed by atoms with Gasteiger partial charge < -0.3 is 14.6 Å². The molecule has 1 fully saturated rings. The van der Waals surface area contributed by atoms with Gasteiger partial charge in [0.15, 0.2) is 5.82 Å². The average molecular weight is 372 g/mol. The second kappa shape index (κ2) is 7.32. The van der Waals surface area contributed by atoms with Gasteiger partial charge in [-0.2, -0.15) is 5.10 Å². The van der Waals surface area contributed by atoms with Crippen molar-refractivity contribution in [3.05, 3.63) is 66.1 Å². The summed E-state index contributed by atoms with van der Waals surface area (Å²) in [7, 11) is 0. The van der Waals surface area contributed by atoms with Crippen molar-refractivity contribution >= 4 is 5.91 Å². The van der Waals surface area contributed by atoms with E-state index in [2.05, 4.69) is 10.4 Å². The molecule has 0 bridgehead atoms. The van der Waals surface area contributed by atoms with Gasteiger partial charge in [-0.15, -0.1) is 0 Å². The average Bonchev–Trinajstić information content (AvgIpc) is 3.39. The zero-order valence-corrected chi connectivity index (χ0v) is 14.4. The maximum absolute atomic E-state index is 13.7. The van der Waals surface area contributed by atoms with Crippen LogP contribution in [0.4, 0.5) is 8.78 Å². The molecule has 1 N–H and O–H groups in total. The van der Waals surface area contributed by atoms with Crippen LogP contribution in [0, 0.1) is 11.6 Å². The Morgan fingerprint density at radius 1 is 1.22 bits per heavy atom. The first kappa shape index (κ1) is 17.4. The van der Waals surface area contributed by atoms with Crippen LogP contribution < -0.4 is 5.32 Å². The Labute approximate surface area is 154 Å². The molecule has 0 radical (unpaired) electrons. The van der Waals surface area contributed by atoms with Crippen LogP contribution in [-0.2, 0) is 4.74 Å². The molecule has 1 aromatic carbocycles. The number of ether oxygens (including phenoxy) is 1. The van der Waals surface area contributed by atoms with Gasteiger partial charge >= 0.3 is 0 Å². The smallest absolute Gasteiger partial charge is 0.256 e. The highest BCUT2D eigenvalue weighted by Crippen LogP contribution is 2.21. The van der Waals surface area contributed by atoms with Gasteiger partial charge in [-0.05, 0) is 37.1 Å². The van der Waals surface area contributed by atoms with Crippen molar-refractivity contribution in [2.45, 2.75) is 18.9 Å². The highest BCUT2D eigenvalue weighted by molar-refractivity contribution is 5.97. The number of carbonyl (C=O) groups is 1. The van der Waals surface area contributed by atoms with Crippen LogP contribution in [-0.4, -0.2) is 39.5 Å². The van der Waals surface area contributed by atoms with Crippen LogP contribution in [0.15, 0.2) is 48.9 Å². The minimum Gasteiger partial charge on any atom is -0.376 e. The normalized spacial score (nSPS) is 16.6. The van der Waals surface area contributed by atoms with Crippen molar-refractivity contribution < 1.29 is 18.3 Å². The van der Waals surface area contributed by atoms with Gasteiger partial charge in [-0.3, -0.25) is 4.79 Å². The fourth-order valence-electron chi connectivity index (χ4n) is 3.18. The van der Waals surface area contributed by atoms with Gasteiger partial charge in [0.05, 0.1) is 18.0 Å². The lowest BCUT2D eigenvalue weighted by Gasteiger charge is -2.13. The van der Waals surface area contributed by atoms with E-state index in [-0.39, 0.29) is 17.7 Å². The molecule has 140 valence electrons. The van der Waals surface area contributed by atoms with E-state index < -0.39 is 11.6 Å². The monoisotopic (exact) mass is 372 g/mol. The molecule has 8 heteroatoms. The summed E-state index contributed by atoms with van der Waals surface area (Å²) in [5, 5.41) is 7.05. The topological polar surface area (TPSA) is 61.1 Å². The Balaban J connectivity index is 1.69. The predicted octanol–water partition coefficient (Wildman–Crippen LogP) is 2.85. The highest BCUT2D eigenvalue weighted by atomic mass is 19.1. The van der Waals surface area contributed by atoms with Crippen LogP contribution in [0.25, 0.3) is 11.5 Å². The van der Waals surface area contributed by atoms with Crippen molar-refractivity contribution in [3.8, 4) is 11.5 Å². The third-order valence-electron chi connectivity index (χ3n) is 4.44. The van der Waals surface area contributed by atoms with Gasteiger partial charge in [-0.1, -0.05) is 0 Å². The first-order valence-electron chi connectivity index (χ1n) is 8.69. The zero-order valence-electron chi connectivity index (χ0n) is 14.4. The summed E-state index contributed by atoms with van der Waals surface area (Å²) in [6.07, 6.45) is 6.77. The molecule has 0 spiro atoms. The minimum atomic E-state index is -0.719. The van der Waals surface area contributed by atoms with Crippen LogP contribution in [0.5, 0.6) is 0 Å². The second-order valence-corrected chi connectivity index (χ2v) is 6.36. The van der Waals surface area contributed by atoms with Gasteiger partial charge in [0.1, 0.15) is 17.2 Å². The lowest BCUT2D eigenvalue weighted by Crippen LogP contribution is -2.32. The Hall–Kier alpha value is -3.00. The Kier molecular flexibility index (Phi) is 4.72. The number of benzene rings is 1. The largest absolute Gasteiger partial charge is 0.376 e. The van der Waals surface area contributed by atoms with E-state index in [4.69, 9.17) is 4.74 Å². The number of hydrogen-bond acceptors (Lipinski definition) is 3. The molecule has 1 aliphatic heterocycles. The molecule has 0 aliphatic carbocycles. The molecule has 1 saturated heterocycles. The Bertz CT molecular complexity index is 927. The van der Waals surface area contributed by atoms with Crippen molar-refractivity contribution in [3.63, 3.8) is 0 Å². The number of carbonyl (C=O) groups excluding carboxylic acids is 1. The van der Waals surface area contributed by atoms with E-state index in [0.29, 0.717) is 24.5 Å². The Morgan fingerprint density at radius 3 is 2.63 bits per heavy atom. The zero-order chi connectivity index (χ0) is 18.8. The van der Waals surface area contributed by atoms with E-state index in [1.165, 1.54) is 10.9 Å². The molecule has 1 unspecified atom stereocenters. The summed E-state index contributed by atoms with van der Waals surface area (Å²) in [5.41, 5.74) is 0.489. The van der Waals surface area contributed by atoms with Gasteiger partial charge in [0.2, 0.25) is 0 Å². The van der Waals surface area contributed by atoms with Crippen LogP contribution in [0.1, 0.15) is 23.2 Å². The third-order valence-corrected chi connectivity index (χ3v) is 4.44. The quantitative estimate of drug-likeness (QED) is 0.749. The second-order valence-electron chi connectivity index (χ2n) is 6.36. The summed E-state index contributed by atoms with van der Waals surface area (Å²) >= 11 is 0. The van der Waals surface area contributed by atoms with E-state index in [1.54, 1.807) is 29.1 Å². The minimum absolute atomic E-state index is 0.0105. The number of rotatable bonds is 5. The fraction of sp³-hybridized carbons (Fsp3) is 0.263. The van der Waals surface area contributed by atoms with E-state index in [0.717, 1.165) is 31.0 Å². The van der Waals surface area contributed by atoms with Crippen molar-refractivity contribution in [1.82, 2.24) is 19.7 Å². The first-order chi connectivity index (χ1) is 13.1. The highest BCUT2D eigenvalue weighted by Gasteiger charge is 2.22. The lowest BCUT2D eigenvalue weighted by atomic mass is 10.2. The fourth-order valence-corrected chi connectivity index (χ4v) is 3.18. The summed E-state index contributed by atoms with van der Waals surface area (Å²) in [6.45, 7) is 1.11. The molecule has 6 nitrogen and oxygen atoms in total. The molecule has 4 rings (SSSR count). The summed E-state index contributed by atoms with van der Waals surface area (Å²) in [5.74, 6) is -1.36. The van der Waals surface area contributed by atoms with E-state index in [1.807, 2.05) is 0 Å². The number of amides is 1. The predicted molar refractivity (Wildman–Crippen MR) is 94.1 cm³/mol. The van der Waals surface area contributed by atoms with E-state index in [9.17, 15) is 13.6 Å². The molecule has 0 saturated carbocycles. The number of halogens is 2. The molecule has 3 heterocycles. The molecule has 1 amide bonds. The number of nitrogens with zero attached hydrogens (tertiary/aromatic N) is 3. The molecular formula is C19H18F2N4O2. The number of aromatic nitrogens is 3. The molecule has 27 heavy (non-hydrogen) atoms. The number of hydrogen-bond donors (Lipinski definition) is 1. The molecule has 3 aromatic rings. The summed E-state index contributed by atoms with van der Waals surface area (Å²) in [6, 6.07) is 6.70. The van der Waals surface area contributed by atoms with Crippen molar-refractivity contribution in [2.75, 3.05) is 13.2 Å². The molecular weight excluding hydrogens is 354 g/mol. The van der Waals surface area contributed by atoms with Crippen LogP contribution in [0.2, 0.25) is 0 Å². The van der Waals surface area contributed by atoms with Gasteiger partial charge in [0.25, 0.3) is 5.91 Å². The number of nitrogens with one attached hydrogen (secondary N) is 1.